The molecule has 1 saturated heterocycles. The van der Waals surface area contributed by atoms with Gasteiger partial charge in [0.2, 0.25) is 5.91 Å². The second-order valence-electron chi connectivity index (χ2n) is 13.2. The molecule has 252 valence electrons. The molecule has 0 atom stereocenters. The van der Waals surface area contributed by atoms with Crippen LogP contribution in [0.2, 0.25) is 0 Å². The molecular weight excluding hydrogens is 605 g/mol. The Morgan fingerprint density at radius 3 is 2.26 bits per heavy atom. The molecule has 0 bridgehead atoms. The van der Waals surface area contributed by atoms with Gasteiger partial charge in [0.1, 0.15) is 11.6 Å². The van der Waals surface area contributed by atoms with Crippen LogP contribution < -0.4 is 27.2 Å². The third-order valence-corrected chi connectivity index (χ3v) is 8.82. The van der Waals surface area contributed by atoms with E-state index in [9.17, 15) is 27.6 Å². The average Bonchev–Trinajstić information content (AvgIpc) is 3.81. The highest BCUT2D eigenvalue weighted by atomic mass is 19.4. The van der Waals surface area contributed by atoms with Crippen LogP contribution in [-0.2, 0) is 11.3 Å². The number of hydrogen-bond acceptors (Lipinski definition) is 8. The van der Waals surface area contributed by atoms with Gasteiger partial charge in [-0.05, 0) is 70.4 Å². The van der Waals surface area contributed by atoms with E-state index in [1.54, 1.807) is 30.9 Å². The van der Waals surface area contributed by atoms with E-state index in [0.717, 1.165) is 49.6 Å². The Labute approximate surface area is 265 Å². The van der Waals surface area contributed by atoms with Gasteiger partial charge < -0.3 is 26.0 Å². The number of nitrogens with zero attached hydrogens (tertiary/aromatic N) is 5. The summed E-state index contributed by atoms with van der Waals surface area (Å²) in [5.41, 5.74) is 10.7. The molecule has 1 aromatic carbocycles. The van der Waals surface area contributed by atoms with Gasteiger partial charge in [-0.25, -0.2) is 9.59 Å². The van der Waals surface area contributed by atoms with Crippen molar-refractivity contribution < 1.29 is 27.5 Å². The molecule has 2 aliphatic carbocycles. The topological polar surface area (TPSA) is 152 Å². The predicted molar refractivity (Wildman–Crippen MR) is 165 cm³/mol. The summed E-state index contributed by atoms with van der Waals surface area (Å²) in [5.74, 6) is -0.0556. The van der Waals surface area contributed by atoms with Crippen molar-refractivity contribution in [2.45, 2.75) is 82.9 Å². The number of carbonyl (C=O) groups is 2. The zero-order valence-electron chi connectivity index (χ0n) is 26.3. The van der Waals surface area contributed by atoms with Crippen LogP contribution in [0.25, 0.3) is 5.69 Å². The lowest BCUT2D eigenvalue weighted by Crippen LogP contribution is -2.58. The van der Waals surface area contributed by atoms with E-state index in [1.807, 2.05) is 0 Å². The molecule has 5 N–H and O–H groups in total. The molecule has 3 aliphatic rings. The molecule has 46 heavy (non-hydrogen) atoms. The largest absolute Gasteiger partial charge is 0.573 e. The van der Waals surface area contributed by atoms with Crippen molar-refractivity contribution >= 4 is 17.8 Å². The van der Waals surface area contributed by atoms with Crippen molar-refractivity contribution in [1.82, 2.24) is 24.3 Å². The SMILES string of the molecule is CC(C)(N)C(=O)N1CCN(C(=O)Nc2ccn(-c3ccc(CN(CC4CC4)[C@H]4CC[C@H](N)CC4)c(OC(F)(F)F)c3)c(=O)n2)CC1. The molecule has 15 heteroatoms. The number of nitrogens with two attached hydrogens (primary N) is 2. The van der Waals surface area contributed by atoms with Gasteiger partial charge in [0.25, 0.3) is 0 Å². The molecule has 2 saturated carbocycles. The summed E-state index contributed by atoms with van der Waals surface area (Å²) in [6.45, 7) is 5.51. The minimum Gasteiger partial charge on any atom is -0.405 e. The van der Waals surface area contributed by atoms with Crippen molar-refractivity contribution in [2.24, 2.45) is 17.4 Å². The molecule has 1 aromatic heterocycles. The second kappa shape index (κ2) is 13.6. The van der Waals surface area contributed by atoms with E-state index in [1.165, 1.54) is 23.2 Å². The van der Waals surface area contributed by atoms with Crippen LogP contribution in [0.3, 0.4) is 0 Å². The van der Waals surface area contributed by atoms with Crippen molar-refractivity contribution in [3.05, 3.63) is 46.5 Å². The highest BCUT2D eigenvalue weighted by molar-refractivity contribution is 5.89. The fourth-order valence-corrected chi connectivity index (χ4v) is 6.08. The normalized spacial score (nSPS) is 21.0. The van der Waals surface area contributed by atoms with Gasteiger partial charge in [0.05, 0.1) is 11.2 Å². The van der Waals surface area contributed by atoms with Crippen molar-refractivity contribution in [3.63, 3.8) is 0 Å². The van der Waals surface area contributed by atoms with Gasteiger partial charge in [-0.1, -0.05) is 6.07 Å². The Morgan fingerprint density at radius 2 is 1.67 bits per heavy atom. The summed E-state index contributed by atoms with van der Waals surface area (Å²) in [6, 6.07) is 5.60. The number of piperazine rings is 1. The number of amides is 3. The number of rotatable bonds is 9. The number of alkyl halides is 3. The van der Waals surface area contributed by atoms with Gasteiger partial charge in [0, 0.05) is 69.2 Å². The first-order valence-corrected chi connectivity index (χ1v) is 15.8. The first kappa shape index (κ1) is 33.7. The van der Waals surface area contributed by atoms with E-state index < -0.39 is 23.6 Å². The van der Waals surface area contributed by atoms with Crippen LogP contribution >= 0.6 is 0 Å². The molecule has 12 nitrogen and oxygen atoms in total. The van der Waals surface area contributed by atoms with Crippen molar-refractivity contribution in [3.8, 4) is 11.4 Å². The zero-order chi connectivity index (χ0) is 33.2. The molecule has 5 rings (SSSR count). The number of aromatic nitrogens is 2. The summed E-state index contributed by atoms with van der Waals surface area (Å²) >= 11 is 0. The van der Waals surface area contributed by atoms with E-state index in [4.69, 9.17) is 11.5 Å². The van der Waals surface area contributed by atoms with E-state index in [0.29, 0.717) is 24.6 Å². The van der Waals surface area contributed by atoms with Gasteiger partial charge in [-0.3, -0.25) is 19.6 Å². The van der Waals surface area contributed by atoms with Gasteiger partial charge in [-0.15, -0.1) is 13.2 Å². The number of anilines is 1. The molecule has 0 spiro atoms. The molecular formula is C31H43F3N8O4. The number of benzene rings is 1. The maximum Gasteiger partial charge on any atom is 0.573 e. The predicted octanol–water partition coefficient (Wildman–Crippen LogP) is 3.03. The number of nitrogens with one attached hydrogen (secondary N) is 1. The Balaban J connectivity index is 1.29. The highest BCUT2D eigenvalue weighted by Gasteiger charge is 2.35. The minimum atomic E-state index is -4.93. The molecule has 0 unspecified atom stereocenters. The number of carbonyl (C=O) groups excluding carboxylic acids is 2. The van der Waals surface area contributed by atoms with Crippen LogP contribution in [0.1, 0.15) is 57.9 Å². The Kier molecular flexibility index (Phi) is 9.94. The van der Waals surface area contributed by atoms with E-state index in [2.05, 4.69) is 19.9 Å². The quantitative estimate of drug-likeness (QED) is 0.376. The maximum atomic E-state index is 13.5. The Bertz CT molecular complexity index is 1460. The van der Waals surface area contributed by atoms with Crippen molar-refractivity contribution in [1.29, 1.82) is 0 Å². The summed E-state index contributed by atoms with van der Waals surface area (Å²) in [6.07, 6.45) is 2.20. The summed E-state index contributed by atoms with van der Waals surface area (Å²) < 4.78 is 46.2. The average molecular weight is 649 g/mol. The summed E-state index contributed by atoms with van der Waals surface area (Å²) in [7, 11) is 0. The second-order valence-corrected chi connectivity index (χ2v) is 13.2. The first-order chi connectivity index (χ1) is 21.7. The van der Waals surface area contributed by atoms with E-state index in [-0.39, 0.29) is 54.9 Å². The van der Waals surface area contributed by atoms with Crippen LogP contribution in [0, 0.1) is 5.92 Å². The first-order valence-electron chi connectivity index (χ1n) is 15.8. The summed E-state index contributed by atoms with van der Waals surface area (Å²) in [5, 5.41) is 2.58. The lowest BCUT2D eigenvalue weighted by molar-refractivity contribution is -0.275. The number of urea groups is 1. The van der Waals surface area contributed by atoms with Crippen LogP contribution in [0.15, 0.2) is 35.3 Å². The molecule has 3 amide bonds. The lowest BCUT2D eigenvalue weighted by Gasteiger charge is -2.37. The van der Waals surface area contributed by atoms with Crippen LogP contribution in [-0.4, -0.2) is 92.9 Å². The molecule has 2 aromatic rings. The van der Waals surface area contributed by atoms with Gasteiger partial charge >= 0.3 is 18.1 Å². The lowest BCUT2D eigenvalue weighted by atomic mass is 9.90. The van der Waals surface area contributed by atoms with E-state index >= 15 is 0 Å². The monoisotopic (exact) mass is 648 g/mol. The van der Waals surface area contributed by atoms with Gasteiger partial charge in [0.15, 0.2) is 0 Å². The van der Waals surface area contributed by atoms with Crippen LogP contribution in [0.4, 0.5) is 23.8 Å². The highest BCUT2D eigenvalue weighted by Crippen LogP contribution is 2.35. The molecule has 2 heterocycles. The standard InChI is InChI=1S/C31H43F3N8O4/c1-30(2,36)27(43)39-13-15-40(16-14-39)28(44)37-26-11-12-42(29(45)38-26)24-8-5-21(25(17-24)46-31(32,33)34)19-41(18-20-3-4-20)23-9-6-22(35)7-10-23/h5,8,11-12,17,20,22-23H,3-4,6-7,9-10,13-16,18-19,35-36H2,1-2H3,(H,37,38,44,45)/t22-,23-. The number of hydrogen-bond donors (Lipinski definition) is 3. The number of halogens is 3. The zero-order valence-corrected chi connectivity index (χ0v) is 26.3. The molecule has 1 aliphatic heterocycles. The van der Waals surface area contributed by atoms with Crippen molar-refractivity contribution in [2.75, 3.05) is 38.0 Å². The smallest absolute Gasteiger partial charge is 0.405 e. The van der Waals surface area contributed by atoms with Gasteiger partial charge in [-0.2, -0.15) is 4.98 Å². The summed E-state index contributed by atoms with van der Waals surface area (Å²) in [4.78, 5) is 47.5. The fraction of sp³-hybridized carbons (Fsp3) is 0.613. The Hall–Kier alpha value is -3.69. The molecule has 0 radical (unpaired) electrons. The fourth-order valence-electron chi connectivity index (χ4n) is 6.08. The third kappa shape index (κ3) is 8.76. The molecule has 3 fully saturated rings. The third-order valence-electron chi connectivity index (χ3n) is 8.82. The van der Waals surface area contributed by atoms with Crippen LogP contribution in [0.5, 0.6) is 5.75 Å². The Morgan fingerprint density at radius 1 is 1.02 bits per heavy atom. The number of ether oxygens (including phenoxy) is 1. The minimum absolute atomic E-state index is 0.0147. The maximum absolute atomic E-state index is 13.5.